The van der Waals surface area contributed by atoms with Gasteiger partial charge >= 0.3 is 11.9 Å². The molecule has 0 aliphatic heterocycles. The van der Waals surface area contributed by atoms with Gasteiger partial charge in [-0.15, -0.1) is 5.10 Å². The van der Waals surface area contributed by atoms with Crippen LogP contribution in [0.5, 0.6) is 0 Å². The van der Waals surface area contributed by atoms with Gasteiger partial charge in [0.05, 0.1) is 16.9 Å². The molecule has 3 aromatic rings. The molecule has 11 heteroatoms. The van der Waals surface area contributed by atoms with Crippen molar-refractivity contribution in [2.45, 2.75) is 12.7 Å². The Hall–Kier alpha value is -3.14. The van der Waals surface area contributed by atoms with E-state index in [-0.39, 0.29) is 18.1 Å². The lowest BCUT2D eigenvalue weighted by Gasteiger charge is -2.06. The van der Waals surface area contributed by atoms with Crippen LogP contribution in [0.2, 0.25) is 5.02 Å². The minimum absolute atomic E-state index is 0.0606. The number of halogens is 4. The fourth-order valence-corrected chi connectivity index (χ4v) is 2.53. The van der Waals surface area contributed by atoms with Gasteiger partial charge in [-0.1, -0.05) is 17.7 Å². The Morgan fingerprint density at radius 3 is 2.67 bits per heavy atom. The summed E-state index contributed by atoms with van der Waals surface area (Å²) in [4.78, 5) is 28.4. The van der Waals surface area contributed by atoms with E-state index in [4.69, 9.17) is 11.6 Å². The first kappa shape index (κ1) is 18.6. The van der Waals surface area contributed by atoms with E-state index in [0.717, 1.165) is 23.0 Å². The van der Waals surface area contributed by atoms with Crippen molar-refractivity contribution in [3.63, 3.8) is 0 Å². The van der Waals surface area contributed by atoms with Gasteiger partial charge in [0.1, 0.15) is 5.69 Å². The van der Waals surface area contributed by atoms with Gasteiger partial charge in [-0.25, -0.2) is 9.78 Å². The number of pyridine rings is 1. The molecule has 0 aliphatic rings. The van der Waals surface area contributed by atoms with Gasteiger partial charge in [0.2, 0.25) is 6.41 Å². The van der Waals surface area contributed by atoms with Gasteiger partial charge in [-0.3, -0.25) is 9.78 Å². The molecule has 2 aromatic heterocycles. The second-order valence-electron chi connectivity index (χ2n) is 5.40. The summed E-state index contributed by atoms with van der Waals surface area (Å²) in [6, 6.07) is 6.75. The predicted molar refractivity (Wildman–Crippen MR) is 90.3 cm³/mol. The Kier molecular flexibility index (Phi) is 5.00. The fourth-order valence-electron chi connectivity index (χ4n) is 2.32. The zero-order valence-electron chi connectivity index (χ0n) is 13.4. The monoisotopic (exact) mass is 397 g/mol. The standard InChI is InChI=1S/C16H11ClF3N5O2/c17-12-3-1-9(6-21-8-26)5-11(12)14-23-15(27)25(24-14)10-2-4-13(22-7-10)16(18,19)20/h1-5,7-8H,6H2,(H,21,26)(H,23,24,27). The molecule has 0 radical (unpaired) electrons. The molecule has 0 aliphatic carbocycles. The summed E-state index contributed by atoms with van der Waals surface area (Å²) in [7, 11) is 0. The van der Waals surface area contributed by atoms with Crippen molar-refractivity contribution in [2.75, 3.05) is 0 Å². The summed E-state index contributed by atoms with van der Waals surface area (Å²) < 4.78 is 38.7. The van der Waals surface area contributed by atoms with Gasteiger partial charge in [0, 0.05) is 12.1 Å². The second-order valence-corrected chi connectivity index (χ2v) is 5.81. The summed E-state index contributed by atoms with van der Waals surface area (Å²) >= 11 is 6.14. The molecule has 0 bridgehead atoms. The number of carbonyl (C=O) groups is 1. The van der Waals surface area contributed by atoms with Gasteiger partial charge in [0.15, 0.2) is 5.82 Å². The van der Waals surface area contributed by atoms with Gasteiger partial charge in [-0.2, -0.15) is 17.9 Å². The third-order valence-electron chi connectivity index (χ3n) is 3.58. The highest BCUT2D eigenvalue weighted by Crippen LogP contribution is 2.28. The van der Waals surface area contributed by atoms with Gasteiger partial charge < -0.3 is 5.32 Å². The zero-order valence-corrected chi connectivity index (χ0v) is 14.2. The molecular formula is C16H11ClF3N5O2. The molecular weight excluding hydrogens is 387 g/mol. The number of aromatic nitrogens is 4. The van der Waals surface area contributed by atoms with E-state index in [1.54, 1.807) is 18.2 Å². The van der Waals surface area contributed by atoms with E-state index in [1.807, 2.05) is 0 Å². The lowest BCUT2D eigenvalue weighted by atomic mass is 10.1. The number of benzene rings is 1. The average Bonchev–Trinajstić information content (AvgIpc) is 3.02. The summed E-state index contributed by atoms with van der Waals surface area (Å²) in [5.74, 6) is 0.123. The number of hydrogen-bond donors (Lipinski definition) is 2. The largest absolute Gasteiger partial charge is 0.433 e. The van der Waals surface area contributed by atoms with Crippen LogP contribution < -0.4 is 11.0 Å². The Balaban J connectivity index is 1.98. The summed E-state index contributed by atoms with van der Waals surface area (Å²) in [5, 5.41) is 6.88. The lowest BCUT2D eigenvalue weighted by molar-refractivity contribution is -0.141. The van der Waals surface area contributed by atoms with E-state index in [1.165, 1.54) is 0 Å². The number of alkyl halides is 3. The Labute approximate surface area is 154 Å². The molecule has 0 spiro atoms. The van der Waals surface area contributed by atoms with Crippen molar-refractivity contribution < 1.29 is 18.0 Å². The normalized spacial score (nSPS) is 11.4. The predicted octanol–water partition coefficient (Wildman–Crippen LogP) is 2.54. The number of H-pyrrole nitrogens is 1. The highest BCUT2D eigenvalue weighted by atomic mass is 35.5. The fraction of sp³-hybridized carbons (Fsp3) is 0.125. The minimum Gasteiger partial charge on any atom is -0.355 e. The summed E-state index contributed by atoms with van der Waals surface area (Å²) in [6.45, 7) is 0.251. The highest BCUT2D eigenvalue weighted by molar-refractivity contribution is 6.33. The van der Waals surface area contributed by atoms with Gasteiger partial charge in [0.25, 0.3) is 0 Å². The number of aromatic amines is 1. The highest BCUT2D eigenvalue weighted by Gasteiger charge is 2.32. The summed E-state index contributed by atoms with van der Waals surface area (Å²) in [5.41, 5.74) is -0.566. The van der Waals surface area contributed by atoms with Crippen molar-refractivity contribution in [3.8, 4) is 17.1 Å². The van der Waals surface area contributed by atoms with Crippen LogP contribution in [0, 0.1) is 0 Å². The first-order chi connectivity index (χ1) is 12.8. The molecule has 0 atom stereocenters. The number of nitrogens with zero attached hydrogens (tertiary/aromatic N) is 3. The van der Waals surface area contributed by atoms with Crippen molar-refractivity contribution in [3.05, 3.63) is 63.3 Å². The number of nitrogens with one attached hydrogen (secondary N) is 2. The van der Waals surface area contributed by atoms with Crippen LogP contribution in [0.15, 0.2) is 41.3 Å². The maximum Gasteiger partial charge on any atom is 0.433 e. The smallest absolute Gasteiger partial charge is 0.355 e. The molecule has 0 saturated heterocycles. The van der Waals surface area contributed by atoms with Crippen molar-refractivity contribution in [2.24, 2.45) is 0 Å². The molecule has 1 aromatic carbocycles. The molecule has 7 nitrogen and oxygen atoms in total. The summed E-state index contributed by atoms with van der Waals surface area (Å²) in [6.07, 6.45) is -3.13. The molecule has 2 heterocycles. The van der Waals surface area contributed by atoms with E-state index in [2.05, 4.69) is 20.4 Å². The zero-order chi connectivity index (χ0) is 19.6. The lowest BCUT2D eigenvalue weighted by Crippen LogP contribution is -2.17. The quantitative estimate of drug-likeness (QED) is 0.647. The molecule has 2 N–H and O–H groups in total. The van der Waals surface area contributed by atoms with Crippen molar-refractivity contribution in [1.82, 2.24) is 25.1 Å². The molecule has 0 unspecified atom stereocenters. The van der Waals surface area contributed by atoms with E-state index >= 15 is 0 Å². The third kappa shape index (κ3) is 4.00. The van der Waals surface area contributed by atoms with Crippen LogP contribution in [0.3, 0.4) is 0 Å². The molecule has 0 saturated carbocycles. The minimum atomic E-state index is -4.58. The van der Waals surface area contributed by atoms with Gasteiger partial charge in [-0.05, 0) is 29.8 Å². The number of amides is 1. The first-order valence-corrected chi connectivity index (χ1v) is 7.86. The molecule has 140 valence electrons. The Morgan fingerprint density at radius 1 is 1.26 bits per heavy atom. The van der Waals surface area contributed by atoms with E-state index in [0.29, 0.717) is 22.6 Å². The average molecular weight is 398 g/mol. The first-order valence-electron chi connectivity index (χ1n) is 7.48. The maximum absolute atomic E-state index is 12.6. The molecule has 3 rings (SSSR count). The maximum atomic E-state index is 12.6. The third-order valence-corrected chi connectivity index (χ3v) is 3.91. The van der Waals surface area contributed by atoms with Crippen molar-refractivity contribution >= 4 is 18.0 Å². The van der Waals surface area contributed by atoms with Crippen LogP contribution in [-0.2, 0) is 17.5 Å². The van der Waals surface area contributed by atoms with Crippen LogP contribution >= 0.6 is 11.6 Å². The number of hydrogen-bond acceptors (Lipinski definition) is 4. The Bertz CT molecular complexity index is 1030. The second kappa shape index (κ2) is 7.23. The molecule has 0 fully saturated rings. The van der Waals surface area contributed by atoms with E-state index < -0.39 is 17.6 Å². The van der Waals surface area contributed by atoms with E-state index in [9.17, 15) is 22.8 Å². The molecule has 27 heavy (non-hydrogen) atoms. The number of rotatable bonds is 5. The molecule has 1 amide bonds. The SMILES string of the molecule is O=CNCc1ccc(Cl)c(-c2nn(-c3ccc(C(F)(F)F)nc3)c(=O)[nH]2)c1. The van der Waals surface area contributed by atoms with Crippen molar-refractivity contribution in [1.29, 1.82) is 0 Å². The van der Waals surface area contributed by atoms with Crippen LogP contribution in [0.25, 0.3) is 17.1 Å². The Morgan fingerprint density at radius 2 is 2.04 bits per heavy atom. The van der Waals surface area contributed by atoms with Crippen LogP contribution in [-0.4, -0.2) is 26.2 Å². The van der Waals surface area contributed by atoms with Crippen LogP contribution in [0.1, 0.15) is 11.3 Å². The van der Waals surface area contributed by atoms with Crippen LogP contribution in [0.4, 0.5) is 13.2 Å². The topological polar surface area (TPSA) is 92.7 Å². The number of carbonyl (C=O) groups excluding carboxylic acids is 1.